The zero-order valence-electron chi connectivity index (χ0n) is 6.00. The summed E-state index contributed by atoms with van der Waals surface area (Å²) in [6, 6.07) is 0. The molecule has 0 aromatic rings. The summed E-state index contributed by atoms with van der Waals surface area (Å²) in [5.74, 6) is 0. The quantitative estimate of drug-likeness (QED) is 0.331. The van der Waals surface area contributed by atoms with Crippen LogP contribution in [-0.2, 0) is 0 Å². The lowest BCUT2D eigenvalue weighted by atomic mass is 10.4. The van der Waals surface area contributed by atoms with E-state index < -0.39 is 0 Å². The Morgan fingerprint density at radius 2 is 1.64 bits per heavy atom. The fraction of sp³-hybridized carbons (Fsp3) is 0.600. The van der Waals surface area contributed by atoms with Gasteiger partial charge in [0, 0.05) is 0 Å². The lowest BCUT2D eigenvalue weighted by Crippen LogP contribution is -2.43. The van der Waals surface area contributed by atoms with Crippen molar-refractivity contribution in [3.05, 3.63) is 0 Å². The van der Waals surface area contributed by atoms with Crippen LogP contribution in [0.5, 0.6) is 0 Å². The second kappa shape index (κ2) is 6.05. The third kappa shape index (κ3) is 6.86. The van der Waals surface area contributed by atoms with Gasteiger partial charge in [-0.2, -0.15) is 0 Å². The highest BCUT2D eigenvalue weighted by atomic mass is 32.1. The third-order valence-electron chi connectivity index (χ3n) is 1.00. The van der Waals surface area contributed by atoms with E-state index in [0.717, 1.165) is 6.42 Å². The molecule has 0 heterocycles. The summed E-state index contributed by atoms with van der Waals surface area (Å²) >= 11 is 17.3. The summed E-state index contributed by atoms with van der Waals surface area (Å²) in [5.41, 5.74) is 0. The van der Waals surface area contributed by atoms with Crippen LogP contribution in [-0.4, -0.2) is 14.8 Å². The van der Waals surface area contributed by atoms with Gasteiger partial charge in [0.2, 0.25) is 0 Å². The molecule has 0 aromatic heterocycles. The van der Waals surface area contributed by atoms with Gasteiger partial charge < -0.3 is 10.6 Å². The van der Waals surface area contributed by atoms with E-state index in [2.05, 4.69) is 35.9 Å². The molecular formula is C5H10N2S4. The molecule has 0 aliphatic carbocycles. The summed E-state index contributed by atoms with van der Waals surface area (Å²) in [4.78, 5) is 0. The van der Waals surface area contributed by atoms with E-state index in [0.29, 0.717) is 8.64 Å². The van der Waals surface area contributed by atoms with E-state index in [9.17, 15) is 0 Å². The summed E-state index contributed by atoms with van der Waals surface area (Å²) in [5, 5.41) is 5.82. The molecule has 0 aromatic carbocycles. The van der Waals surface area contributed by atoms with Gasteiger partial charge in [-0.3, -0.25) is 0 Å². The number of thiocarbonyl (C=S) groups is 2. The van der Waals surface area contributed by atoms with Gasteiger partial charge >= 0.3 is 0 Å². The maximum absolute atomic E-state index is 4.74. The first-order valence-electron chi connectivity index (χ1n) is 3.05. The fourth-order valence-corrected chi connectivity index (χ4v) is 1.13. The molecule has 0 unspecified atom stereocenters. The molecule has 0 bridgehead atoms. The van der Waals surface area contributed by atoms with Gasteiger partial charge in [-0.25, -0.2) is 0 Å². The number of hydrogen-bond acceptors (Lipinski definition) is 2. The molecule has 0 atom stereocenters. The summed E-state index contributed by atoms with van der Waals surface area (Å²) in [6.45, 7) is 2.00. The highest BCUT2D eigenvalue weighted by Gasteiger charge is 2.04. The maximum atomic E-state index is 4.74. The number of nitrogens with one attached hydrogen (secondary N) is 2. The van der Waals surface area contributed by atoms with Gasteiger partial charge in [0.25, 0.3) is 0 Å². The highest BCUT2D eigenvalue weighted by molar-refractivity contribution is 8.11. The van der Waals surface area contributed by atoms with Gasteiger partial charge in [0.1, 0.15) is 8.64 Å². The van der Waals surface area contributed by atoms with Gasteiger partial charge in [-0.15, -0.1) is 25.3 Å². The van der Waals surface area contributed by atoms with Crippen LogP contribution in [0.2, 0.25) is 0 Å². The molecule has 11 heavy (non-hydrogen) atoms. The van der Waals surface area contributed by atoms with Gasteiger partial charge in [0.05, 0.1) is 6.17 Å². The lowest BCUT2D eigenvalue weighted by Gasteiger charge is -2.17. The summed E-state index contributed by atoms with van der Waals surface area (Å²) < 4.78 is 0.905. The molecule has 2 N–H and O–H groups in total. The second-order valence-corrected chi connectivity index (χ2v) is 4.18. The zero-order chi connectivity index (χ0) is 8.85. The van der Waals surface area contributed by atoms with Crippen molar-refractivity contribution in [1.29, 1.82) is 0 Å². The van der Waals surface area contributed by atoms with Gasteiger partial charge in [-0.1, -0.05) is 31.4 Å². The fourth-order valence-electron chi connectivity index (χ4n) is 0.538. The molecule has 0 fully saturated rings. The highest BCUT2D eigenvalue weighted by Crippen LogP contribution is 1.91. The van der Waals surface area contributed by atoms with Crippen molar-refractivity contribution in [2.24, 2.45) is 0 Å². The minimum Gasteiger partial charge on any atom is -0.351 e. The van der Waals surface area contributed by atoms with Gasteiger partial charge in [-0.05, 0) is 6.42 Å². The Morgan fingerprint density at radius 3 is 1.82 bits per heavy atom. The van der Waals surface area contributed by atoms with E-state index >= 15 is 0 Å². The normalized spacial score (nSPS) is 9.45. The molecule has 0 saturated carbocycles. The Bertz CT molecular complexity index is 143. The van der Waals surface area contributed by atoms with Crippen LogP contribution in [0.15, 0.2) is 0 Å². The molecule has 0 amide bonds. The number of hydrogen-bond donors (Lipinski definition) is 4. The zero-order valence-corrected chi connectivity index (χ0v) is 9.42. The van der Waals surface area contributed by atoms with Crippen molar-refractivity contribution >= 4 is 58.3 Å². The van der Waals surface area contributed by atoms with Crippen molar-refractivity contribution in [1.82, 2.24) is 10.6 Å². The topological polar surface area (TPSA) is 24.1 Å². The lowest BCUT2D eigenvalue weighted by molar-refractivity contribution is 0.568. The smallest absolute Gasteiger partial charge is 0.132 e. The number of rotatable bonds is 3. The maximum Gasteiger partial charge on any atom is 0.132 e. The van der Waals surface area contributed by atoms with Crippen molar-refractivity contribution in [2.75, 3.05) is 0 Å². The Hall–Kier alpha value is 0.480. The van der Waals surface area contributed by atoms with E-state index in [-0.39, 0.29) is 6.17 Å². The molecule has 0 radical (unpaired) electrons. The van der Waals surface area contributed by atoms with Crippen molar-refractivity contribution in [3.8, 4) is 0 Å². The largest absolute Gasteiger partial charge is 0.351 e. The predicted octanol–water partition coefficient (Wildman–Crippen LogP) is 1.33. The summed E-state index contributed by atoms with van der Waals surface area (Å²) in [7, 11) is 0. The van der Waals surface area contributed by atoms with Gasteiger partial charge in [0.15, 0.2) is 0 Å². The first kappa shape index (κ1) is 11.5. The minimum atomic E-state index is 0.0324. The third-order valence-corrected chi connectivity index (χ3v) is 1.50. The molecule has 6 heteroatoms. The average molecular weight is 226 g/mol. The second-order valence-electron chi connectivity index (χ2n) is 1.86. The summed E-state index contributed by atoms with van der Waals surface area (Å²) in [6.07, 6.45) is 0.895. The SMILES string of the molecule is CCC(NC(=S)S)NC(=S)S. The van der Waals surface area contributed by atoms with E-state index in [1.54, 1.807) is 0 Å². The predicted molar refractivity (Wildman–Crippen MR) is 63.5 cm³/mol. The molecule has 2 nitrogen and oxygen atoms in total. The number of thiol groups is 2. The molecule has 0 spiro atoms. The molecular weight excluding hydrogens is 216 g/mol. The molecule has 0 saturated heterocycles. The van der Waals surface area contributed by atoms with Crippen LogP contribution in [0.4, 0.5) is 0 Å². The first-order valence-corrected chi connectivity index (χ1v) is 4.76. The van der Waals surface area contributed by atoms with Crippen LogP contribution >= 0.6 is 49.7 Å². The standard InChI is InChI=1S/C5H10N2S4/c1-2-3(6-4(8)9)7-5(10)11/h3H,2H2,1H3,(H2,6,8,9)(H2,7,10,11). The molecule has 0 aliphatic heterocycles. The average Bonchev–Trinajstić information content (AvgIpc) is 1.84. The monoisotopic (exact) mass is 226 g/mol. The van der Waals surface area contributed by atoms with Crippen LogP contribution in [0.3, 0.4) is 0 Å². The van der Waals surface area contributed by atoms with Crippen LogP contribution in [0.25, 0.3) is 0 Å². The van der Waals surface area contributed by atoms with Crippen molar-refractivity contribution in [3.63, 3.8) is 0 Å². The Morgan fingerprint density at radius 1 is 1.27 bits per heavy atom. The Labute approximate surface area is 88.3 Å². The van der Waals surface area contributed by atoms with Crippen LogP contribution in [0, 0.1) is 0 Å². The Balaban J connectivity index is 3.76. The van der Waals surface area contributed by atoms with E-state index in [1.807, 2.05) is 6.92 Å². The molecule has 64 valence electrons. The first-order chi connectivity index (χ1) is 5.06. The van der Waals surface area contributed by atoms with Crippen LogP contribution in [0.1, 0.15) is 13.3 Å². The van der Waals surface area contributed by atoms with Crippen molar-refractivity contribution in [2.45, 2.75) is 19.5 Å². The Kier molecular flexibility index (Phi) is 6.31. The van der Waals surface area contributed by atoms with Crippen molar-refractivity contribution < 1.29 is 0 Å². The van der Waals surface area contributed by atoms with Crippen LogP contribution < -0.4 is 10.6 Å². The van der Waals surface area contributed by atoms with E-state index in [1.165, 1.54) is 0 Å². The molecule has 0 aliphatic rings. The minimum absolute atomic E-state index is 0.0324. The van der Waals surface area contributed by atoms with E-state index in [4.69, 9.17) is 24.4 Å². The molecule has 0 rings (SSSR count).